The van der Waals surface area contributed by atoms with Gasteiger partial charge in [0.1, 0.15) is 0 Å². The Labute approximate surface area is 163 Å². The van der Waals surface area contributed by atoms with Crippen LogP contribution in [-0.2, 0) is 6.42 Å². The van der Waals surface area contributed by atoms with Crippen molar-refractivity contribution < 1.29 is 0 Å². The van der Waals surface area contributed by atoms with E-state index in [1.54, 1.807) is 19.1 Å². The molecule has 0 heteroatoms. The van der Waals surface area contributed by atoms with Crippen LogP contribution in [0.5, 0.6) is 0 Å². The van der Waals surface area contributed by atoms with Crippen molar-refractivity contribution in [1.82, 2.24) is 0 Å². The third-order valence-electron chi connectivity index (χ3n) is 2.19. The molecule has 0 amide bonds. The standard InChI is InChI=1S/C8H10.C7H8.2C3H6.C3H4.C2H2/c1-2-8-6-4-3-5-7-8;1-7-5-3-2-4-6-7;3*1-3-2;1-2/h3-7H,2H2,1H3;2-6H,1H3;2*3H,1H2,2H3;1H,2H3;1-2H. The minimum absolute atomic E-state index is 1.14. The third-order valence-corrected chi connectivity index (χ3v) is 2.19. The van der Waals surface area contributed by atoms with Gasteiger partial charge in [-0.25, -0.2) is 0 Å². The summed E-state index contributed by atoms with van der Waals surface area (Å²) in [6.45, 7) is 16.4. The number of allylic oxidation sites excluding steroid dienone is 2. The van der Waals surface area contributed by atoms with Gasteiger partial charge in [0.25, 0.3) is 0 Å². The maximum atomic E-state index is 4.60. The highest BCUT2D eigenvalue weighted by molar-refractivity contribution is 5.14. The van der Waals surface area contributed by atoms with Gasteiger partial charge in [-0.05, 0) is 39.7 Å². The Morgan fingerprint density at radius 2 is 1.12 bits per heavy atom. The highest BCUT2D eigenvalue weighted by atomic mass is 13.9. The third kappa shape index (κ3) is 37.4. The predicted octanol–water partition coefficient (Wildman–Crippen LogP) is 7.52. The molecule has 0 atom stereocenters. The fourth-order valence-corrected chi connectivity index (χ4v) is 1.25. The normalized spacial score (nSPS) is 6.54. The number of terminal acetylenes is 2. The molecule has 0 unspecified atom stereocenters. The summed E-state index contributed by atoms with van der Waals surface area (Å²) in [4.78, 5) is 0. The molecule has 0 fully saturated rings. The lowest BCUT2D eigenvalue weighted by molar-refractivity contribution is 1.14. The van der Waals surface area contributed by atoms with E-state index in [1.165, 1.54) is 11.1 Å². The topological polar surface area (TPSA) is 0 Å². The molecule has 0 aliphatic rings. The van der Waals surface area contributed by atoms with Crippen LogP contribution in [-0.4, -0.2) is 0 Å². The van der Waals surface area contributed by atoms with Gasteiger partial charge in [-0.3, -0.25) is 0 Å². The Morgan fingerprint density at radius 1 is 0.846 bits per heavy atom. The molecule has 0 bridgehead atoms. The minimum atomic E-state index is 1.14. The summed E-state index contributed by atoms with van der Waals surface area (Å²) in [5.41, 5.74) is 2.73. The van der Waals surface area contributed by atoms with E-state index in [1.807, 2.05) is 38.1 Å². The molecular weight excluding hydrogens is 312 g/mol. The van der Waals surface area contributed by atoms with Gasteiger partial charge >= 0.3 is 0 Å². The van der Waals surface area contributed by atoms with Crippen molar-refractivity contribution in [3.05, 3.63) is 97.1 Å². The second-order valence-electron chi connectivity index (χ2n) is 4.60. The monoisotopic (exact) mass is 348 g/mol. The largest absolute Gasteiger partial charge is 0.124 e. The molecule has 2 rings (SSSR count). The predicted molar refractivity (Wildman–Crippen MR) is 123 cm³/mol. The van der Waals surface area contributed by atoms with Crippen LogP contribution in [0.4, 0.5) is 0 Å². The summed E-state index contributed by atoms with van der Waals surface area (Å²) < 4.78 is 0. The lowest BCUT2D eigenvalue weighted by Crippen LogP contribution is -1.73. The Kier molecular flexibility index (Phi) is 39.9. The molecule has 0 N–H and O–H groups in total. The minimum Gasteiger partial charge on any atom is -0.124 e. The van der Waals surface area contributed by atoms with Gasteiger partial charge in [-0.15, -0.1) is 38.3 Å². The fraction of sp³-hybridized carbons (Fsp3) is 0.231. The van der Waals surface area contributed by atoms with E-state index >= 15 is 0 Å². The summed E-state index contributed by atoms with van der Waals surface area (Å²) in [6.07, 6.45) is 17.2. The van der Waals surface area contributed by atoms with Crippen LogP contribution < -0.4 is 0 Å². The van der Waals surface area contributed by atoms with Gasteiger partial charge in [-0.2, -0.15) is 0 Å². The smallest absolute Gasteiger partial charge is 0.00297 e. The van der Waals surface area contributed by atoms with Crippen LogP contribution >= 0.6 is 0 Å². The SMILES string of the molecule is C#C.C#CC.C=CC.C=CC.CCc1ccccc1.Cc1ccccc1. The zero-order chi connectivity index (χ0) is 21.1. The number of hydrogen-bond donors (Lipinski definition) is 0. The summed E-state index contributed by atoms with van der Waals surface area (Å²) in [5.74, 6) is 2.25. The number of hydrogen-bond acceptors (Lipinski definition) is 0. The Bertz CT molecular complexity index is 533. The highest BCUT2D eigenvalue weighted by Crippen LogP contribution is 1.96. The van der Waals surface area contributed by atoms with E-state index < -0.39 is 0 Å². The number of aryl methyl sites for hydroxylation is 2. The zero-order valence-corrected chi connectivity index (χ0v) is 17.3. The quantitative estimate of drug-likeness (QED) is 0.369. The van der Waals surface area contributed by atoms with Gasteiger partial charge in [0, 0.05) is 0 Å². The van der Waals surface area contributed by atoms with Crippen LogP contribution in [0.2, 0.25) is 0 Å². The average Bonchev–Trinajstić information content (AvgIpc) is 2.67. The lowest BCUT2D eigenvalue weighted by atomic mass is 10.2. The number of benzene rings is 2. The van der Waals surface area contributed by atoms with Gasteiger partial charge in [-0.1, -0.05) is 85.3 Å². The van der Waals surface area contributed by atoms with E-state index in [0.29, 0.717) is 0 Å². The van der Waals surface area contributed by atoms with E-state index in [4.69, 9.17) is 0 Å². The Morgan fingerprint density at radius 3 is 1.27 bits per heavy atom. The van der Waals surface area contributed by atoms with Crippen molar-refractivity contribution in [2.24, 2.45) is 0 Å². The van der Waals surface area contributed by atoms with Crippen molar-refractivity contribution in [2.75, 3.05) is 0 Å². The van der Waals surface area contributed by atoms with Crippen molar-refractivity contribution >= 4 is 0 Å². The van der Waals surface area contributed by atoms with Gasteiger partial charge in [0.2, 0.25) is 0 Å². The zero-order valence-electron chi connectivity index (χ0n) is 17.3. The van der Waals surface area contributed by atoms with E-state index in [9.17, 15) is 0 Å². The first kappa shape index (κ1) is 30.9. The molecule has 0 heterocycles. The Balaban J connectivity index is -0.000000123. The lowest BCUT2D eigenvalue weighted by Gasteiger charge is -1.89. The van der Waals surface area contributed by atoms with E-state index in [-0.39, 0.29) is 0 Å². The van der Waals surface area contributed by atoms with Crippen LogP contribution in [0.15, 0.2) is 86.0 Å². The molecule has 0 aliphatic carbocycles. The first-order valence-electron chi connectivity index (χ1n) is 8.48. The van der Waals surface area contributed by atoms with Crippen LogP contribution in [0, 0.1) is 32.1 Å². The van der Waals surface area contributed by atoms with E-state index in [0.717, 1.165) is 6.42 Å². The molecule has 0 aromatic heterocycles. The highest BCUT2D eigenvalue weighted by Gasteiger charge is 1.80. The molecule has 26 heavy (non-hydrogen) atoms. The van der Waals surface area contributed by atoms with Crippen molar-refractivity contribution in [3.63, 3.8) is 0 Å². The second kappa shape index (κ2) is 33.6. The molecule has 140 valence electrons. The summed E-state index contributed by atoms with van der Waals surface area (Å²) in [7, 11) is 0. The van der Waals surface area contributed by atoms with Crippen LogP contribution in [0.3, 0.4) is 0 Å². The summed E-state index contributed by atoms with van der Waals surface area (Å²) in [6, 6.07) is 20.7. The molecule has 0 saturated heterocycles. The summed E-state index contributed by atoms with van der Waals surface area (Å²) in [5, 5.41) is 0. The molecule has 0 nitrogen and oxygen atoms in total. The maximum absolute atomic E-state index is 4.60. The maximum Gasteiger partial charge on any atom is -0.00297 e. The van der Waals surface area contributed by atoms with Crippen molar-refractivity contribution in [3.8, 4) is 25.2 Å². The van der Waals surface area contributed by atoms with Crippen molar-refractivity contribution in [2.45, 2.75) is 41.0 Å². The van der Waals surface area contributed by atoms with Gasteiger partial charge < -0.3 is 0 Å². The Hall–Kier alpha value is -2.96. The first-order chi connectivity index (χ1) is 12.6. The van der Waals surface area contributed by atoms with Crippen LogP contribution in [0.25, 0.3) is 0 Å². The van der Waals surface area contributed by atoms with E-state index in [2.05, 4.69) is 88.6 Å². The van der Waals surface area contributed by atoms with Crippen LogP contribution in [0.1, 0.15) is 38.8 Å². The fourth-order valence-electron chi connectivity index (χ4n) is 1.25. The molecular formula is C26H36. The molecule has 2 aromatic rings. The van der Waals surface area contributed by atoms with Gasteiger partial charge in [0.05, 0.1) is 0 Å². The van der Waals surface area contributed by atoms with Gasteiger partial charge in [0.15, 0.2) is 0 Å². The first-order valence-corrected chi connectivity index (χ1v) is 8.48. The summed E-state index contributed by atoms with van der Waals surface area (Å²) >= 11 is 0. The molecule has 0 aliphatic heterocycles. The van der Waals surface area contributed by atoms with Crippen molar-refractivity contribution in [1.29, 1.82) is 0 Å². The second-order valence-corrected chi connectivity index (χ2v) is 4.60. The molecule has 0 saturated carbocycles. The average molecular weight is 349 g/mol. The molecule has 0 radical (unpaired) electrons. The number of rotatable bonds is 1. The molecule has 2 aromatic carbocycles. The molecule has 0 spiro atoms.